The molecule has 2 aromatic heterocycles. The van der Waals surface area contributed by atoms with E-state index >= 15 is 0 Å². The van der Waals surface area contributed by atoms with Gasteiger partial charge in [0.05, 0.1) is 18.2 Å². The molecular formula is C17H19N3OS. The van der Waals surface area contributed by atoms with Crippen LogP contribution in [0.4, 0.5) is 11.5 Å². The van der Waals surface area contributed by atoms with Gasteiger partial charge < -0.3 is 10.1 Å². The molecule has 1 N–H and O–H groups in total. The topological polar surface area (TPSA) is 47.0 Å². The van der Waals surface area contributed by atoms with Gasteiger partial charge in [-0.1, -0.05) is 13.0 Å². The number of aromatic nitrogens is 2. The lowest BCUT2D eigenvalue weighted by Crippen LogP contribution is -2.00. The van der Waals surface area contributed by atoms with Gasteiger partial charge in [-0.15, -0.1) is 11.3 Å². The van der Waals surface area contributed by atoms with Crippen LogP contribution in [0.25, 0.3) is 10.2 Å². The van der Waals surface area contributed by atoms with Crippen LogP contribution < -0.4 is 10.1 Å². The number of hydrogen-bond donors (Lipinski definition) is 1. The van der Waals surface area contributed by atoms with Gasteiger partial charge in [-0.3, -0.25) is 0 Å². The first-order valence-corrected chi connectivity index (χ1v) is 8.11. The minimum atomic E-state index is 0.770. The number of methoxy groups -OCH3 is 1. The summed E-state index contributed by atoms with van der Waals surface area (Å²) in [4.78, 5) is 11.5. The summed E-state index contributed by atoms with van der Waals surface area (Å²) in [5.74, 6) is 2.41. The van der Waals surface area contributed by atoms with Gasteiger partial charge >= 0.3 is 0 Å². The van der Waals surface area contributed by atoms with Crippen LogP contribution in [0.15, 0.2) is 24.3 Å². The zero-order chi connectivity index (χ0) is 15.7. The highest BCUT2D eigenvalue weighted by atomic mass is 32.1. The van der Waals surface area contributed by atoms with Crippen molar-refractivity contribution in [2.45, 2.75) is 27.2 Å². The molecule has 0 aliphatic rings. The van der Waals surface area contributed by atoms with Crippen LogP contribution in [0.1, 0.15) is 23.2 Å². The van der Waals surface area contributed by atoms with Gasteiger partial charge in [-0.25, -0.2) is 9.97 Å². The Balaban J connectivity index is 2.10. The molecule has 0 aliphatic heterocycles. The van der Waals surface area contributed by atoms with Crippen molar-refractivity contribution in [3.63, 3.8) is 0 Å². The first-order chi connectivity index (χ1) is 10.6. The maximum absolute atomic E-state index is 5.44. The molecule has 0 radical (unpaired) electrons. The van der Waals surface area contributed by atoms with Crippen LogP contribution >= 0.6 is 11.3 Å². The Hall–Kier alpha value is -2.14. The molecule has 114 valence electrons. The SMILES string of the molecule is CCc1cc2c(Nc3cc(C)ccc3OC)nc(C)nc2s1. The molecule has 3 aromatic rings. The van der Waals surface area contributed by atoms with Crippen LogP contribution in [0.2, 0.25) is 0 Å². The van der Waals surface area contributed by atoms with Crippen LogP contribution in [-0.4, -0.2) is 17.1 Å². The zero-order valence-electron chi connectivity index (χ0n) is 13.2. The molecule has 0 aliphatic carbocycles. The molecule has 1 aromatic carbocycles. The van der Waals surface area contributed by atoms with E-state index in [-0.39, 0.29) is 0 Å². The summed E-state index contributed by atoms with van der Waals surface area (Å²) in [6, 6.07) is 8.23. The molecule has 5 heteroatoms. The number of benzene rings is 1. The van der Waals surface area contributed by atoms with E-state index in [0.29, 0.717) is 0 Å². The number of thiophene rings is 1. The van der Waals surface area contributed by atoms with Crippen molar-refractivity contribution in [2.24, 2.45) is 0 Å². The number of hydrogen-bond acceptors (Lipinski definition) is 5. The maximum Gasteiger partial charge on any atom is 0.143 e. The van der Waals surface area contributed by atoms with Crippen LogP contribution in [-0.2, 0) is 6.42 Å². The molecule has 0 unspecified atom stereocenters. The Morgan fingerprint density at radius 2 is 2.00 bits per heavy atom. The molecule has 0 amide bonds. The van der Waals surface area contributed by atoms with E-state index in [1.54, 1.807) is 18.4 Å². The third kappa shape index (κ3) is 2.76. The first-order valence-electron chi connectivity index (χ1n) is 7.29. The Labute approximate surface area is 134 Å². The summed E-state index contributed by atoms with van der Waals surface area (Å²) in [7, 11) is 1.68. The first kappa shape index (κ1) is 14.8. The third-order valence-electron chi connectivity index (χ3n) is 3.51. The summed E-state index contributed by atoms with van der Waals surface area (Å²) in [5.41, 5.74) is 2.09. The van der Waals surface area contributed by atoms with Gasteiger partial charge in [-0.2, -0.15) is 0 Å². The second kappa shape index (κ2) is 5.93. The quantitative estimate of drug-likeness (QED) is 0.763. The number of nitrogens with zero attached hydrogens (tertiary/aromatic N) is 2. The van der Waals surface area contributed by atoms with E-state index in [1.807, 2.05) is 19.1 Å². The number of rotatable bonds is 4. The number of ether oxygens (including phenoxy) is 1. The van der Waals surface area contributed by atoms with Crippen molar-refractivity contribution in [1.29, 1.82) is 0 Å². The number of nitrogens with one attached hydrogen (secondary N) is 1. The Bertz CT molecular complexity index is 826. The fourth-order valence-electron chi connectivity index (χ4n) is 2.39. The molecule has 3 rings (SSSR count). The summed E-state index contributed by atoms with van der Waals surface area (Å²) in [6.45, 7) is 6.14. The van der Waals surface area contributed by atoms with E-state index < -0.39 is 0 Å². The van der Waals surface area contributed by atoms with E-state index in [2.05, 4.69) is 41.3 Å². The van der Waals surface area contributed by atoms with Gasteiger partial charge in [0.2, 0.25) is 0 Å². The smallest absolute Gasteiger partial charge is 0.143 e. The second-order valence-corrected chi connectivity index (χ2v) is 6.35. The summed E-state index contributed by atoms with van der Waals surface area (Å²) >= 11 is 1.73. The zero-order valence-corrected chi connectivity index (χ0v) is 14.0. The Kier molecular flexibility index (Phi) is 3.98. The monoisotopic (exact) mass is 313 g/mol. The summed E-state index contributed by atoms with van der Waals surface area (Å²) < 4.78 is 5.44. The lowest BCUT2D eigenvalue weighted by Gasteiger charge is -2.12. The number of anilines is 2. The predicted octanol–water partition coefficient (Wildman–Crippen LogP) is 4.62. The maximum atomic E-state index is 5.44. The van der Waals surface area contributed by atoms with Gasteiger partial charge in [0.25, 0.3) is 0 Å². The Morgan fingerprint density at radius 1 is 1.18 bits per heavy atom. The van der Waals surface area contributed by atoms with Gasteiger partial charge in [0.1, 0.15) is 22.2 Å². The van der Waals surface area contributed by atoms with Crippen LogP contribution in [0.5, 0.6) is 5.75 Å². The molecule has 0 atom stereocenters. The molecule has 0 saturated heterocycles. The van der Waals surface area contributed by atoms with E-state index in [0.717, 1.165) is 39.7 Å². The minimum Gasteiger partial charge on any atom is -0.495 e. The molecule has 4 nitrogen and oxygen atoms in total. The van der Waals surface area contributed by atoms with Crippen molar-refractivity contribution in [1.82, 2.24) is 9.97 Å². The van der Waals surface area contributed by atoms with Crippen molar-refractivity contribution in [3.05, 3.63) is 40.5 Å². The van der Waals surface area contributed by atoms with Gasteiger partial charge in [-0.05, 0) is 44.0 Å². The highest BCUT2D eigenvalue weighted by molar-refractivity contribution is 7.18. The fraction of sp³-hybridized carbons (Fsp3) is 0.294. The highest BCUT2D eigenvalue weighted by Crippen LogP contribution is 2.34. The fourth-order valence-corrected chi connectivity index (χ4v) is 3.41. The molecule has 0 fully saturated rings. The third-order valence-corrected chi connectivity index (χ3v) is 4.69. The predicted molar refractivity (Wildman–Crippen MR) is 92.5 cm³/mol. The molecule has 0 bridgehead atoms. The van der Waals surface area contributed by atoms with Crippen molar-refractivity contribution < 1.29 is 4.74 Å². The van der Waals surface area contributed by atoms with Crippen molar-refractivity contribution >= 4 is 33.1 Å². The van der Waals surface area contributed by atoms with E-state index in [9.17, 15) is 0 Å². The van der Waals surface area contributed by atoms with Crippen molar-refractivity contribution in [2.75, 3.05) is 12.4 Å². The van der Waals surface area contributed by atoms with E-state index in [1.165, 1.54) is 10.4 Å². The van der Waals surface area contributed by atoms with Crippen LogP contribution in [0.3, 0.4) is 0 Å². The normalized spacial score (nSPS) is 10.9. The van der Waals surface area contributed by atoms with E-state index in [4.69, 9.17) is 4.74 Å². The van der Waals surface area contributed by atoms with Gasteiger partial charge in [0.15, 0.2) is 0 Å². The molecule has 22 heavy (non-hydrogen) atoms. The van der Waals surface area contributed by atoms with Crippen LogP contribution in [0, 0.1) is 13.8 Å². The lowest BCUT2D eigenvalue weighted by atomic mass is 10.2. The standard InChI is InChI=1S/C17H19N3OS/c1-5-12-9-13-16(18-11(3)19-17(13)22-12)20-14-8-10(2)6-7-15(14)21-4/h6-9H,5H2,1-4H3,(H,18,19,20). The Morgan fingerprint density at radius 3 is 2.73 bits per heavy atom. The number of fused-ring (bicyclic) bond motifs is 1. The molecular weight excluding hydrogens is 294 g/mol. The molecule has 0 saturated carbocycles. The lowest BCUT2D eigenvalue weighted by molar-refractivity contribution is 0.416. The average molecular weight is 313 g/mol. The van der Waals surface area contributed by atoms with Crippen molar-refractivity contribution in [3.8, 4) is 5.75 Å². The summed E-state index contributed by atoms with van der Waals surface area (Å²) in [5, 5.41) is 4.48. The second-order valence-electron chi connectivity index (χ2n) is 5.23. The average Bonchev–Trinajstić information content (AvgIpc) is 2.90. The molecule has 0 spiro atoms. The largest absolute Gasteiger partial charge is 0.495 e. The highest BCUT2D eigenvalue weighted by Gasteiger charge is 2.12. The van der Waals surface area contributed by atoms with Gasteiger partial charge in [0, 0.05) is 4.88 Å². The number of aryl methyl sites for hydroxylation is 3. The summed E-state index contributed by atoms with van der Waals surface area (Å²) in [6.07, 6.45) is 1.01. The molecule has 2 heterocycles. The minimum absolute atomic E-state index is 0.770.